The maximum Gasteiger partial charge on any atom is 0.537 e. The molecule has 1 rings (SSSR count). The van der Waals surface area contributed by atoms with Crippen LogP contribution in [-0.4, -0.2) is 159 Å². The van der Waals surface area contributed by atoms with Crippen LogP contribution in [0.4, 0.5) is 0 Å². The maximum absolute atomic E-state index is 6.06. The molecule has 0 saturated heterocycles. The highest BCUT2D eigenvalue weighted by molar-refractivity contribution is 6.75. The maximum atomic E-state index is 6.06. The molecule has 0 heterocycles. The summed E-state index contributed by atoms with van der Waals surface area (Å²) in [6.07, 6.45) is 1.97. The summed E-state index contributed by atoms with van der Waals surface area (Å²) in [6, 6.07) is 10.9. The second-order valence-electron chi connectivity index (χ2n) is 9.81. The minimum Gasteiger partial charge on any atom is -0.399 e. The van der Waals surface area contributed by atoms with Crippen LogP contribution in [0.15, 0.2) is 30.3 Å². The molecule has 0 N–H and O–H groups in total. The summed E-state index contributed by atoms with van der Waals surface area (Å²) in [5.74, 6) is 0. The molecule has 0 aliphatic carbocycles. The first-order valence-electron chi connectivity index (χ1n) is 14.1. The predicted octanol–water partition coefficient (Wildman–Crippen LogP) is 1.90. The molecule has 14 heteroatoms. The summed E-state index contributed by atoms with van der Waals surface area (Å²) in [5.41, 5.74) is 0. The Morgan fingerprint density at radius 2 is 1.15 bits per heavy atom. The normalized spacial score (nSPS) is 12.0. The third kappa shape index (κ3) is 20.1. The van der Waals surface area contributed by atoms with Gasteiger partial charge in [-0.25, -0.2) is 0 Å². The molecular formula is C27H61N3O8Si3. The standard InChI is InChI=1S/C14H25NO3Si.C8H21NO3Si.C5H15NO2Si/c1-5-16-19(17-6-2,18-13-12-15(3)4)14-10-8-7-9-11-14;1-9(2)7-6-8-13(10-3,11-4)12-5;1-6(2)5-9(7-3)8-4/h7-11H,5-6,12-13H2,1-4H3;6-8H2,1-5H3;9H,5H2,1-4H3. The molecule has 244 valence electrons. The smallest absolute Gasteiger partial charge is 0.399 e. The van der Waals surface area contributed by atoms with Crippen molar-refractivity contribution in [3.05, 3.63) is 30.3 Å². The Morgan fingerprint density at radius 3 is 1.49 bits per heavy atom. The van der Waals surface area contributed by atoms with Crippen molar-refractivity contribution >= 4 is 32.1 Å². The van der Waals surface area contributed by atoms with Crippen LogP contribution in [-0.2, 0) is 35.4 Å². The fourth-order valence-electron chi connectivity index (χ4n) is 3.47. The van der Waals surface area contributed by atoms with Gasteiger partial charge in [0.2, 0.25) is 0 Å². The van der Waals surface area contributed by atoms with Crippen molar-refractivity contribution in [3.8, 4) is 0 Å². The molecule has 0 amide bonds. The quantitative estimate of drug-likeness (QED) is 0.196. The Morgan fingerprint density at radius 1 is 0.659 bits per heavy atom. The van der Waals surface area contributed by atoms with E-state index in [4.69, 9.17) is 35.4 Å². The van der Waals surface area contributed by atoms with Gasteiger partial charge in [-0.15, -0.1) is 0 Å². The summed E-state index contributed by atoms with van der Waals surface area (Å²) in [6.45, 7) is 7.60. The lowest BCUT2D eigenvalue weighted by atomic mass is 10.4. The molecule has 1 aromatic carbocycles. The zero-order valence-corrected chi connectivity index (χ0v) is 31.4. The summed E-state index contributed by atoms with van der Waals surface area (Å²) in [4.78, 5) is 6.30. The summed E-state index contributed by atoms with van der Waals surface area (Å²) in [7, 11) is 14.1. The Kier molecular flexibility index (Phi) is 26.9. The second kappa shape index (κ2) is 25.9. The van der Waals surface area contributed by atoms with Crippen molar-refractivity contribution < 1.29 is 35.4 Å². The molecule has 0 unspecified atom stereocenters. The highest BCUT2D eigenvalue weighted by Crippen LogP contribution is 2.14. The Balaban J connectivity index is 0. The molecule has 0 radical (unpaired) electrons. The molecule has 0 aliphatic heterocycles. The molecule has 0 bridgehead atoms. The predicted molar refractivity (Wildman–Crippen MR) is 174 cm³/mol. The van der Waals surface area contributed by atoms with Crippen molar-refractivity contribution in [3.63, 3.8) is 0 Å². The van der Waals surface area contributed by atoms with Gasteiger partial charge in [0.25, 0.3) is 0 Å². The third-order valence-electron chi connectivity index (χ3n) is 5.69. The van der Waals surface area contributed by atoms with Crippen LogP contribution >= 0.6 is 0 Å². The van der Waals surface area contributed by atoms with E-state index in [0.29, 0.717) is 19.8 Å². The van der Waals surface area contributed by atoms with Crippen molar-refractivity contribution in [2.75, 3.05) is 117 Å². The van der Waals surface area contributed by atoms with E-state index in [-0.39, 0.29) is 0 Å². The van der Waals surface area contributed by atoms with E-state index in [1.54, 1.807) is 35.5 Å². The minimum atomic E-state index is -2.77. The van der Waals surface area contributed by atoms with Crippen LogP contribution in [0.5, 0.6) is 0 Å². The monoisotopic (exact) mass is 639 g/mol. The zero-order chi connectivity index (χ0) is 31.7. The van der Waals surface area contributed by atoms with Crippen LogP contribution in [0.1, 0.15) is 20.3 Å². The Labute approximate surface area is 255 Å². The average Bonchev–Trinajstić information content (AvgIpc) is 2.95. The van der Waals surface area contributed by atoms with Crippen LogP contribution in [0.25, 0.3) is 0 Å². The van der Waals surface area contributed by atoms with Gasteiger partial charge in [-0.05, 0) is 69.1 Å². The number of benzene rings is 1. The van der Waals surface area contributed by atoms with Gasteiger partial charge in [0.1, 0.15) is 0 Å². The van der Waals surface area contributed by atoms with E-state index in [0.717, 1.165) is 36.9 Å². The highest BCUT2D eigenvalue weighted by Gasteiger charge is 2.43. The van der Waals surface area contributed by atoms with E-state index in [1.165, 1.54) is 0 Å². The topological polar surface area (TPSA) is 83.6 Å². The summed E-state index contributed by atoms with van der Waals surface area (Å²) >= 11 is 0. The number of likely N-dealkylation sites (N-methyl/N-ethyl adjacent to an activating group) is 1. The Bertz CT molecular complexity index is 687. The lowest BCUT2D eigenvalue weighted by Gasteiger charge is -2.29. The SMILES string of the molecule is CCO[Si](OCC)(OCCN(C)C)c1ccccc1.CO[SiH](CN(C)C)OC.CO[Si](CCCN(C)C)(OC)OC. The fraction of sp³-hybridized carbons (Fsp3) is 0.778. The third-order valence-corrected chi connectivity index (χ3v) is 13.6. The van der Waals surface area contributed by atoms with Gasteiger partial charge in [0.15, 0.2) is 0 Å². The lowest BCUT2D eigenvalue weighted by molar-refractivity contribution is 0.0761. The van der Waals surface area contributed by atoms with Crippen LogP contribution < -0.4 is 5.19 Å². The van der Waals surface area contributed by atoms with Gasteiger partial charge in [0, 0.05) is 72.7 Å². The molecule has 0 spiro atoms. The molecule has 1 aromatic rings. The molecule has 0 atom stereocenters. The van der Waals surface area contributed by atoms with E-state index in [2.05, 4.69) is 28.8 Å². The van der Waals surface area contributed by atoms with Gasteiger partial charge in [-0.1, -0.05) is 30.3 Å². The number of rotatable bonds is 20. The van der Waals surface area contributed by atoms with Crippen molar-refractivity contribution in [1.29, 1.82) is 0 Å². The van der Waals surface area contributed by atoms with E-state index < -0.39 is 26.9 Å². The first-order valence-corrected chi connectivity index (χ1v) is 19.5. The Hall–Kier alpha value is -0.569. The van der Waals surface area contributed by atoms with Gasteiger partial charge in [-0.3, -0.25) is 0 Å². The average molecular weight is 640 g/mol. The van der Waals surface area contributed by atoms with Crippen LogP contribution in [0, 0.1) is 0 Å². The molecule has 11 nitrogen and oxygen atoms in total. The van der Waals surface area contributed by atoms with Crippen LogP contribution in [0.3, 0.4) is 0 Å². The van der Waals surface area contributed by atoms with Gasteiger partial charge < -0.3 is 50.1 Å². The molecular weight excluding hydrogens is 579 g/mol. The number of hydrogen-bond acceptors (Lipinski definition) is 11. The minimum absolute atomic E-state index is 0.586. The largest absolute Gasteiger partial charge is 0.537 e. The van der Waals surface area contributed by atoms with Crippen molar-refractivity contribution in [2.45, 2.75) is 26.3 Å². The molecule has 0 saturated carbocycles. The van der Waals surface area contributed by atoms with Gasteiger partial charge in [-0.2, -0.15) is 0 Å². The van der Waals surface area contributed by atoms with Crippen molar-refractivity contribution in [2.24, 2.45) is 0 Å². The molecule has 0 aliphatic rings. The van der Waals surface area contributed by atoms with Gasteiger partial charge in [0.05, 0.1) is 6.61 Å². The van der Waals surface area contributed by atoms with Gasteiger partial charge >= 0.3 is 26.9 Å². The van der Waals surface area contributed by atoms with Crippen molar-refractivity contribution in [1.82, 2.24) is 14.7 Å². The summed E-state index contributed by atoms with van der Waals surface area (Å²) < 4.78 is 43.9. The van der Waals surface area contributed by atoms with E-state index >= 15 is 0 Å². The zero-order valence-electron chi connectivity index (χ0n) is 28.2. The molecule has 0 fully saturated rings. The fourth-order valence-corrected chi connectivity index (χ4v) is 8.73. The van der Waals surface area contributed by atoms with E-state index in [9.17, 15) is 0 Å². The number of hydrogen-bond donors (Lipinski definition) is 0. The molecule has 41 heavy (non-hydrogen) atoms. The van der Waals surface area contributed by atoms with Crippen LogP contribution in [0.2, 0.25) is 6.04 Å². The number of nitrogens with zero attached hydrogens (tertiary/aromatic N) is 3. The second-order valence-corrected chi connectivity index (χ2v) is 17.6. The highest BCUT2D eigenvalue weighted by atomic mass is 28.4. The summed E-state index contributed by atoms with van der Waals surface area (Å²) in [5, 5.41) is 1.03. The first-order chi connectivity index (χ1) is 19.4. The molecule has 0 aromatic heterocycles. The first kappa shape index (κ1) is 42.6. The lowest BCUT2D eigenvalue weighted by Crippen LogP contribution is -2.57. The van der Waals surface area contributed by atoms with E-state index in [1.807, 2.05) is 72.4 Å².